The van der Waals surface area contributed by atoms with Gasteiger partial charge in [0.25, 0.3) is 0 Å². The van der Waals surface area contributed by atoms with Gasteiger partial charge in [-0.15, -0.1) is 0 Å². The molecule has 1 N–H and O–H groups in total. The Bertz CT molecular complexity index is 156. The van der Waals surface area contributed by atoms with Crippen LogP contribution in [0.15, 0.2) is 0 Å². The molecule has 1 fully saturated rings. The van der Waals surface area contributed by atoms with Crippen LogP contribution in [0, 0.1) is 6.92 Å². The predicted octanol–water partition coefficient (Wildman–Crippen LogP) is -0.341. The molecule has 0 bridgehead atoms. The van der Waals surface area contributed by atoms with Crippen molar-refractivity contribution in [2.75, 3.05) is 39.4 Å². The summed E-state index contributed by atoms with van der Waals surface area (Å²) in [6.07, 6.45) is 0.323. The summed E-state index contributed by atoms with van der Waals surface area (Å²) in [5, 5.41) is 2.80. The van der Waals surface area contributed by atoms with Crippen molar-refractivity contribution in [3.8, 4) is 0 Å². The third kappa shape index (κ3) is 4.24. The standard InChI is InChI=1S/C9H17N2O2/c1-2-9(12)10-3-4-11-5-7-13-8-6-11/h1-8H2,(H,10,12). The monoisotopic (exact) mass is 185 g/mol. The summed E-state index contributed by atoms with van der Waals surface area (Å²) in [5.41, 5.74) is 0. The van der Waals surface area contributed by atoms with Gasteiger partial charge in [-0.25, -0.2) is 0 Å². The molecule has 0 aromatic carbocycles. The molecule has 1 heterocycles. The van der Waals surface area contributed by atoms with Gasteiger partial charge in [0.05, 0.1) is 13.2 Å². The first kappa shape index (κ1) is 10.5. The van der Waals surface area contributed by atoms with Crippen LogP contribution in [-0.2, 0) is 9.53 Å². The molecule has 0 aromatic rings. The van der Waals surface area contributed by atoms with E-state index in [0.717, 1.165) is 32.8 Å². The quantitative estimate of drug-likeness (QED) is 0.651. The molecule has 0 spiro atoms. The SMILES string of the molecule is [CH2]CC(=O)NCCN1CCOCC1. The topological polar surface area (TPSA) is 41.6 Å². The molecule has 1 radical (unpaired) electrons. The summed E-state index contributed by atoms with van der Waals surface area (Å²) in [6.45, 7) is 8.70. The first-order valence-electron chi connectivity index (χ1n) is 4.69. The molecule has 1 aliphatic rings. The van der Waals surface area contributed by atoms with Crippen LogP contribution in [0.4, 0.5) is 0 Å². The lowest BCUT2D eigenvalue weighted by Gasteiger charge is -2.26. The molecule has 4 nitrogen and oxygen atoms in total. The van der Waals surface area contributed by atoms with E-state index in [0.29, 0.717) is 13.0 Å². The molecule has 75 valence electrons. The summed E-state index contributed by atoms with van der Waals surface area (Å²) in [7, 11) is 0. The van der Waals surface area contributed by atoms with Gasteiger partial charge in [-0.2, -0.15) is 0 Å². The van der Waals surface area contributed by atoms with E-state index in [9.17, 15) is 4.79 Å². The number of carbonyl (C=O) groups excluding carboxylic acids is 1. The highest BCUT2D eigenvalue weighted by molar-refractivity contribution is 5.76. The molecule has 0 unspecified atom stereocenters. The minimum atomic E-state index is 0.0215. The van der Waals surface area contributed by atoms with Crippen molar-refractivity contribution in [1.29, 1.82) is 0 Å². The highest BCUT2D eigenvalue weighted by Gasteiger charge is 2.09. The maximum atomic E-state index is 10.8. The zero-order valence-corrected chi connectivity index (χ0v) is 7.92. The van der Waals surface area contributed by atoms with Crippen LogP contribution >= 0.6 is 0 Å². The van der Waals surface area contributed by atoms with Crippen molar-refractivity contribution in [2.24, 2.45) is 0 Å². The van der Waals surface area contributed by atoms with E-state index in [2.05, 4.69) is 17.1 Å². The van der Waals surface area contributed by atoms with Crippen LogP contribution in [0.3, 0.4) is 0 Å². The van der Waals surface area contributed by atoms with Crippen LogP contribution in [0.2, 0.25) is 0 Å². The molecule has 1 aliphatic heterocycles. The number of carbonyl (C=O) groups is 1. The number of ether oxygens (including phenoxy) is 1. The van der Waals surface area contributed by atoms with Crippen LogP contribution in [-0.4, -0.2) is 50.2 Å². The summed E-state index contributed by atoms with van der Waals surface area (Å²) < 4.78 is 5.21. The van der Waals surface area contributed by atoms with Gasteiger partial charge in [-0.3, -0.25) is 9.69 Å². The molecule has 0 aromatic heterocycles. The first-order valence-corrected chi connectivity index (χ1v) is 4.69. The van der Waals surface area contributed by atoms with Crippen LogP contribution < -0.4 is 5.32 Å². The number of nitrogens with one attached hydrogen (secondary N) is 1. The molecule has 0 aliphatic carbocycles. The third-order valence-corrected chi connectivity index (χ3v) is 2.08. The van der Waals surface area contributed by atoms with E-state index in [1.54, 1.807) is 0 Å². The lowest BCUT2D eigenvalue weighted by atomic mass is 10.4. The van der Waals surface area contributed by atoms with E-state index in [1.807, 2.05) is 0 Å². The van der Waals surface area contributed by atoms with Crippen LogP contribution in [0.1, 0.15) is 6.42 Å². The van der Waals surface area contributed by atoms with Crippen molar-refractivity contribution >= 4 is 5.91 Å². The number of nitrogens with zero attached hydrogens (tertiary/aromatic N) is 1. The van der Waals surface area contributed by atoms with Crippen LogP contribution in [0.5, 0.6) is 0 Å². The van der Waals surface area contributed by atoms with Crippen molar-refractivity contribution in [3.63, 3.8) is 0 Å². The van der Waals surface area contributed by atoms with Crippen LogP contribution in [0.25, 0.3) is 0 Å². The molecule has 1 amide bonds. The molecular weight excluding hydrogens is 168 g/mol. The summed E-state index contributed by atoms with van der Waals surface area (Å²) in [6, 6.07) is 0. The minimum Gasteiger partial charge on any atom is -0.379 e. The average molecular weight is 185 g/mol. The van der Waals surface area contributed by atoms with E-state index in [-0.39, 0.29) is 5.91 Å². The zero-order valence-electron chi connectivity index (χ0n) is 7.92. The number of morpholine rings is 1. The van der Waals surface area contributed by atoms with Gasteiger partial charge in [0, 0.05) is 32.6 Å². The zero-order chi connectivity index (χ0) is 9.52. The highest BCUT2D eigenvalue weighted by atomic mass is 16.5. The Morgan fingerprint density at radius 3 is 2.77 bits per heavy atom. The molecule has 0 atom stereocenters. The Morgan fingerprint density at radius 2 is 2.15 bits per heavy atom. The molecule has 1 saturated heterocycles. The first-order chi connectivity index (χ1) is 6.33. The second kappa shape index (κ2) is 5.94. The normalized spacial score (nSPS) is 18.5. The van der Waals surface area contributed by atoms with Gasteiger partial charge >= 0.3 is 0 Å². The van der Waals surface area contributed by atoms with Gasteiger partial charge in [0.15, 0.2) is 0 Å². The fraction of sp³-hybridized carbons (Fsp3) is 0.778. The Labute approximate surface area is 79.2 Å². The molecular formula is C9H17N2O2. The van der Waals surface area contributed by atoms with Gasteiger partial charge < -0.3 is 10.1 Å². The lowest BCUT2D eigenvalue weighted by molar-refractivity contribution is -0.120. The summed E-state index contributed by atoms with van der Waals surface area (Å²) in [4.78, 5) is 13.1. The minimum absolute atomic E-state index is 0.0215. The van der Waals surface area contributed by atoms with Crippen molar-refractivity contribution in [2.45, 2.75) is 6.42 Å². The van der Waals surface area contributed by atoms with Crippen molar-refractivity contribution in [3.05, 3.63) is 6.92 Å². The van der Waals surface area contributed by atoms with Crippen molar-refractivity contribution in [1.82, 2.24) is 10.2 Å². The second-order valence-electron chi connectivity index (χ2n) is 3.05. The molecule has 4 heteroatoms. The predicted molar refractivity (Wildman–Crippen MR) is 50.2 cm³/mol. The van der Waals surface area contributed by atoms with E-state index >= 15 is 0 Å². The Hall–Kier alpha value is -0.610. The van der Waals surface area contributed by atoms with Gasteiger partial charge in [0.1, 0.15) is 0 Å². The van der Waals surface area contributed by atoms with Gasteiger partial charge in [-0.05, 0) is 6.92 Å². The Kier molecular flexibility index (Phi) is 4.78. The Balaban J connectivity index is 2.01. The highest BCUT2D eigenvalue weighted by Crippen LogP contribution is 1.94. The van der Waals surface area contributed by atoms with E-state index in [1.165, 1.54) is 0 Å². The lowest BCUT2D eigenvalue weighted by Crippen LogP contribution is -2.41. The third-order valence-electron chi connectivity index (χ3n) is 2.08. The smallest absolute Gasteiger partial charge is 0.220 e. The molecule has 1 rings (SSSR count). The van der Waals surface area contributed by atoms with E-state index < -0.39 is 0 Å². The molecule has 0 saturated carbocycles. The maximum absolute atomic E-state index is 10.8. The second-order valence-corrected chi connectivity index (χ2v) is 3.05. The number of amides is 1. The summed E-state index contributed by atoms with van der Waals surface area (Å²) in [5.74, 6) is 0.0215. The Morgan fingerprint density at radius 1 is 1.46 bits per heavy atom. The number of hydrogen-bond acceptors (Lipinski definition) is 3. The number of rotatable bonds is 4. The van der Waals surface area contributed by atoms with Gasteiger partial charge in [-0.1, -0.05) is 0 Å². The number of hydrogen-bond donors (Lipinski definition) is 1. The van der Waals surface area contributed by atoms with Crippen molar-refractivity contribution < 1.29 is 9.53 Å². The maximum Gasteiger partial charge on any atom is 0.220 e. The van der Waals surface area contributed by atoms with Gasteiger partial charge in [0.2, 0.25) is 5.91 Å². The summed E-state index contributed by atoms with van der Waals surface area (Å²) >= 11 is 0. The fourth-order valence-corrected chi connectivity index (χ4v) is 1.27. The molecule has 13 heavy (non-hydrogen) atoms. The fourth-order valence-electron chi connectivity index (χ4n) is 1.27. The average Bonchev–Trinajstić information content (AvgIpc) is 2.19. The largest absolute Gasteiger partial charge is 0.379 e. The van der Waals surface area contributed by atoms with E-state index in [4.69, 9.17) is 4.74 Å².